The minimum absolute atomic E-state index is 0.219. The number of benzene rings is 1. The lowest BCUT2D eigenvalue weighted by Gasteiger charge is -2.07. The van der Waals surface area contributed by atoms with Crippen LogP contribution in [0, 0.1) is 10.1 Å². The predicted octanol–water partition coefficient (Wildman–Crippen LogP) is 1.87. The van der Waals surface area contributed by atoms with E-state index in [4.69, 9.17) is 15.4 Å². The molecule has 1 aromatic carbocycles. The summed E-state index contributed by atoms with van der Waals surface area (Å²) in [5.41, 5.74) is -0.447. The van der Waals surface area contributed by atoms with Crippen LogP contribution in [-0.4, -0.2) is 26.6 Å². The van der Waals surface area contributed by atoms with Crippen LogP contribution in [0.25, 0.3) is 0 Å². The normalized spacial score (nSPS) is 11.2. The molecule has 0 heterocycles. The molecule has 9 heteroatoms. The van der Waals surface area contributed by atoms with Crippen LogP contribution in [0.2, 0.25) is 0 Å². The smallest absolute Gasteiger partial charge is 0.271 e. The quantitative estimate of drug-likeness (QED) is 0.468. The third-order valence-electron chi connectivity index (χ3n) is 1.74. The lowest BCUT2D eigenvalue weighted by atomic mass is 10.3. The molecular formula is C8H7ClFNO5S. The average Bonchev–Trinajstić information content (AvgIpc) is 2.24. The molecule has 0 bridgehead atoms. The monoisotopic (exact) mass is 283 g/mol. The summed E-state index contributed by atoms with van der Waals surface area (Å²) in [6.45, 7) is -1.18. The molecule has 17 heavy (non-hydrogen) atoms. The molecule has 1 aromatic rings. The van der Waals surface area contributed by atoms with Gasteiger partial charge in [0.1, 0.15) is 23.9 Å². The Morgan fingerprint density at radius 2 is 2.12 bits per heavy atom. The van der Waals surface area contributed by atoms with Gasteiger partial charge in [-0.25, -0.2) is 12.8 Å². The molecule has 1 rings (SSSR count). The van der Waals surface area contributed by atoms with Crippen molar-refractivity contribution in [2.45, 2.75) is 4.90 Å². The van der Waals surface area contributed by atoms with Gasteiger partial charge in [-0.2, -0.15) is 0 Å². The van der Waals surface area contributed by atoms with Crippen molar-refractivity contribution in [2.75, 3.05) is 13.3 Å². The van der Waals surface area contributed by atoms with Gasteiger partial charge in [-0.05, 0) is 6.07 Å². The fourth-order valence-electron chi connectivity index (χ4n) is 1.07. The van der Waals surface area contributed by atoms with Crippen molar-refractivity contribution in [1.82, 2.24) is 0 Å². The molecule has 0 radical (unpaired) electrons. The summed E-state index contributed by atoms with van der Waals surface area (Å²) in [6, 6.07) is 2.86. The van der Waals surface area contributed by atoms with Crippen LogP contribution >= 0.6 is 10.7 Å². The van der Waals surface area contributed by atoms with Crippen molar-refractivity contribution in [3.05, 3.63) is 28.3 Å². The second-order valence-electron chi connectivity index (χ2n) is 2.86. The number of hydrogen-bond donors (Lipinski definition) is 0. The maximum atomic E-state index is 11.9. The summed E-state index contributed by atoms with van der Waals surface area (Å²) in [7, 11) is 0.896. The number of rotatable bonds is 5. The average molecular weight is 284 g/mol. The number of nitro groups is 1. The van der Waals surface area contributed by atoms with Gasteiger partial charge in [-0.1, -0.05) is 0 Å². The molecular weight excluding hydrogens is 277 g/mol. The van der Waals surface area contributed by atoms with E-state index in [9.17, 15) is 22.9 Å². The molecule has 0 aliphatic rings. The van der Waals surface area contributed by atoms with Crippen LogP contribution in [0.15, 0.2) is 23.1 Å². The van der Waals surface area contributed by atoms with E-state index in [0.29, 0.717) is 0 Å². The lowest BCUT2D eigenvalue weighted by molar-refractivity contribution is -0.385. The van der Waals surface area contributed by atoms with Gasteiger partial charge >= 0.3 is 0 Å². The predicted molar refractivity (Wildman–Crippen MR) is 57.6 cm³/mol. The van der Waals surface area contributed by atoms with Crippen LogP contribution in [0.4, 0.5) is 10.1 Å². The van der Waals surface area contributed by atoms with Gasteiger partial charge < -0.3 is 4.74 Å². The zero-order valence-electron chi connectivity index (χ0n) is 8.30. The van der Waals surface area contributed by atoms with Crippen molar-refractivity contribution < 1.29 is 22.5 Å². The van der Waals surface area contributed by atoms with Crippen molar-refractivity contribution in [2.24, 2.45) is 0 Å². The molecule has 0 N–H and O–H groups in total. The number of non-ortho nitro benzene ring substituents is 1. The zero-order chi connectivity index (χ0) is 13.1. The minimum Gasteiger partial charge on any atom is -0.489 e. The molecule has 0 spiro atoms. The van der Waals surface area contributed by atoms with Crippen LogP contribution in [-0.2, 0) is 9.05 Å². The summed E-state index contributed by atoms with van der Waals surface area (Å²) >= 11 is 0. The van der Waals surface area contributed by atoms with Crippen molar-refractivity contribution in [3.63, 3.8) is 0 Å². The van der Waals surface area contributed by atoms with E-state index >= 15 is 0 Å². The second-order valence-corrected chi connectivity index (χ2v) is 5.40. The first-order valence-corrected chi connectivity index (χ1v) is 6.59. The van der Waals surface area contributed by atoms with E-state index in [1.165, 1.54) is 0 Å². The Balaban J connectivity index is 3.27. The molecule has 0 saturated heterocycles. The second kappa shape index (κ2) is 5.28. The van der Waals surface area contributed by atoms with Gasteiger partial charge in [-0.15, -0.1) is 0 Å². The van der Waals surface area contributed by atoms with Gasteiger partial charge in [0, 0.05) is 22.8 Å². The third kappa shape index (κ3) is 3.53. The highest BCUT2D eigenvalue weighted by Crippen LogP contribution is 2.30. The summed E-state index contributed by atoms with van der Waals surface area (Å²) in [6.07, 6.45) is 0. The van der Waals surface area contributed by atoms with Crippen molar-refractivity contribution >= 4 is 25.4 Å². The molecule has 0 aromatic heterocycles. The van der Waals surface area contributed by atoms with Gasteiger partial charge in [0.15, 0.2) is 0 Å². The standard InChI is InChI=1S/C8H7ClFNO5S/c9-17(14,15)8-5-6(11(12)13)1-2-7(8)16-4-3-10/h1-2,5H,3-4H2. The molecule has 0 aliphatic carbocycles. The fourth-order valence-corrected chi connectivity index (χ4v) is 2.06. The van der Waals surface area contributed by atoms with E-state index in [-0.39, 0.29) is 12.4 Å². The Morgan fingerprint density at radius 3 is 2.59 bits per heavy atom. The van der Waals surface area contributed by atoms with E-state index < -0.39 is 31.2 Å². The summed E-state index contributed by atoms with van der Waals surface area (Å²) in [4.78, 5) is 9.15. The van der Waals surface area contributed by atoms with Crippen LogP contribution in [0.3, 0.4) is 0 Å². The number of alkyl halides is 1. The first kappa shape index (κ1) is 13.7. The Kier molecular flexibility index (Phi) is 4.24. The van der Waals surface area contributed by atoms with Gasteiger partial charge in [0.25, 0.3) is 14.7 Å². The maximum absolute atomic E-state index is 11.9. The molecule has 0 unspecified atom stereocenters. The van der Waals surface area contributed by atoms with Gasteiger partial charge in [0.05, 0.1) is 4.92 Å². The molecule has 94 valence electrons. The van der Waals surface area contributed by atoms with Gasteiger partial charge in [0.2, 0.25) is 0 Å². The molecule has 0 saturated carbocycles. The van der Waals surface area contributed by atoms with Crippen LogP contribution in [0.5, 0.6) is 5.75 Å². The Morgan fingerprint density at radius 1 is 1.47 bits per heavy atom. The number of nitrogens with zero attached hydrogens (tertiary/aromatic N) is 1. The topological polar surface area (TPSA) is 86.5 Å². The van der Waals surface area contributed by atoms with Crippen molar-refractivity contribution in [3.8, 4) is 5.75 Å². The molecule has 6 nitrogen and oxygen atoms in total. The van der Waals surface area contributed by atoms with E-state index in [1.54, 1.807) is 0 Å². The van der Waals surface area contributed by atoms with E-state index in [1.807, 2.05) is 0 Å². The minimum atomic E-state index is -4.20. The number of halogens is 2. The highest BCUT2D eigenvalue weighted by atomic mass is 35.7. The van der Waals surface area contributed by atoms with E-state index in [2.05, 4.69) is 0 Å². The molecule has 0 atom stereocenters. The number of nitro benzene ring substituents is 1. The van der Waals surface area contributed by atoms with Gasteiger partial charge in [-0.3, -0.25) is 10.1 Å². The number of ether oxygens (including phenoxy) is 1. The molecule has 0 aliphatic heterocycles. The first-order valence-electron chi connectivity index (χ1n) is 4.28. The summed E-state index contributed by atoms with van der Waals surface area (Å²) < 4.78 is 39.0. The fraction of sp³-hybridized carbons (Fsp3) is 0.250. The Bertz CT molecular complexity index is 533. The summed E-state index contributed by atoms with van der Waals surface area (Å²) in [5.74, 6) is -0.219. The van der Waals surface area contributed by atoms with E-state index in [0.717, 1.165) is 18.2 Å². The Labute approximate surface area is 101 Å². The SMILES string of the molecule is O=[N+]([O-])c1ccc(OCCF)c(S(=O)(=O)Cl)c1. The highest BCUT2D eigenvalue weighted by molar-refractivity contribution is 8.13. The highest BCUT2D eigenvalue weighted by Gasteiger charge is 2.21. The Hall–Kier alpha value is -1.41. The largest absolute Gasteiger partial charge is 0.489 e. The maximum Gasteiger partial charge on any atom is 0.271 e. The van der Waals surface area contributed by atoms with Crippen LogP contribution in [0.1, 0.15) is 0 Å². The molecule has 0 fully saturated rings. The van der Waals surface area contributed by atoms with Crippen molar-refractivity contribution in [1.29, 1.82) is 0 Å². The first-order chi connectivity index (χ1) is 7.86. The zero-order valence-corrected chi connectivity index (χ0v) is 9.87. The van der Waals surface area contributed by atoms with Crippen LogP contribution < -0.4 is 4.74 Å². The number of hydrogen-bond acceptors (Lipinski definition) is 5. The lowest BCUT2D eigenvalue weighted by Crippen LogP contribution is -2.04. The molecule has 0 amide bonds. The summed E-state index contributed by atoms with van der Waals surface area (Å²) in [5, 5.41) is 10.5. The third-order valence-corrected chi connectivity index (χ3v) is 3.08.